The second-order valence-electron chi connectivity index (χ2n) is 4.01. The van der Waals surface area contributed by atoms with Gasteiger partial charge in [-0.1, -0.05) is 15.9 Å². The van der Waals surface area contributed by atoms with Crippen molar-refractivity contribution >= 4 is 21.8 Å². The average molecular weight is 288 g/mol. The molecule has 0 fully saturated rings. The SMILES string of the molecule is CC(C)N(CCCBr)C(=O)c1ccn(C)n1. The van der Waals surface area contributed by atoms with Gasteiger partial charge in [0.25, 0.3) is 5.91 Å². The predicted molar refractivity (Wildman–Crippen MR) is 67.8 cm³/mol. The second kappa shape index (κ2) is 6.03. The predicted octanol–water partition coefficient (Wildman–Crippen LogP) is 2.06. The molecule has 5 heteroatoms. The first-order valence-electron chi connectivity index (χ1n) is 5.43. The van der Waals surface area contributed by atoms with Gasteiger partial charge in [-0.2, -0.15) is 5.10 Å². The van der Waals surface area contributed by atoms with Crippen LogP contribution < -0.4 is 0 Å². The highest BCUT2D eigenvalue weighted by Gasteiger charge is 2.19. The van der Waals surface area contributed by atoms with E-state index in [9.17, 15) is 4.79 Å². The van der Waals surface area contributed by atoms with E-state index >= 15 is 0 Å². The molecule has 0 unspecified atom stereocenters. The first-order valence-corrected chi connectivity index (χ1v) is 6.55. The first kappa shape index (κ1) is 13.2. The van der Waals surface area contributed by atoms with Crippen LogP contribution in [-0.4, -0.2) is 38.5 Å². The van der Waals surface area contributed by atoms with E-state index in [0.29, 0.717) is 5.69 Å². The third-order valence-electron chi connectivity index (χ3n) is 2.35. The van der Waals surface area contributed by atoms with Crippen LogP contribution in [0.3, 0.4) is 0 Å². The molecule has 0 saturated heterocycles. The molecular weight excluding hydrogens is 270 g/mol. The molecule has 0 aromatic carbocycles. The van der Waals surface area contributed by atoms with Gasteiger partial charge in [0, 0.05) is 31.2 Å². The summed E-state index contributed by atoms with van der Waals surface area (Å²) in [4.78, 5) is 14.0. The number of carbonyl (C=O) groups excluding carboxylic acids is 1. The maximum Gasteiger partial charge on any atom is 0.274 e. The van der Waals surface area contributed by atoms with Gasteiger partial charge in [-0.05, 0) is 26.3 Å². The van der Waals surface area contributed by atoms with Gasteiger partial charge in [-0.25, -0.2) is 0 Å². The highest BCUT2D eigenvalue weighted by Crippen LogP contribution is 2.07. The average Bonchev–Trinajstić information content (AvgIpc) is 2.64. The number of hydrogen-bond donors (Lipinski definition) is 0. The van der Waals surface area contributed by atoms with Crippen molar-refractivity contribution in [1.82, 2.24) is 14.7 Å². The number of rotatable bonds is 5. The zero-order valence-corrected chi connectivity index (χ0v) is 11.6. The number of hydrogen-bond acceptors (Lipinski definition) is 2. The van der Waals surface area contributed by atoms with Crippen LogP contribution in [0.1, 0.15) is 30.8 Å². The molecule has 0 aliphatic heterocycles. The van der Waals surface area contributed by atoms with E-state index in [1.807, 2.05) is 25.8 Å². The number of nitrogens with zero attached hydrogens (tertiary/aromatic N) is 3. The third-order valence-corrected chi connectivity index (χ3v) is 2.91. The van der Waals surface area contributed by atoms with Crippen molar-refractivity contribution in [1.29, 1.82) is 0 Å². The van der Waals surface area contributed by atoms with E-state index in [4.69, 9.17) is 0 Å². The molecule has 0 aliphatic carbocycles. The largest absolute Gasteiger partial charge is 0.335 e. The molecule has 0 saturated carbocycles. The summed E-state index contributed by atoms with van der Waals surface area (Å²) in [7, 11) is 1.81. The van der Waals surface area contributed by atoms with Crippen molar-refractivity contribution in [2.45, 2.75) is 26.3 Å². The van der Waals surface area contributed by atoms with Crippen LogP contribution in [0.4, 0.5) is 0 Å². The fraction of sp³-hybridized carbons (Fsp3) is 0.636. The van der Waals surface area contributed by atoms with Gasteiger partial charge >= 0.3 is 0 Å². The number of alkyl halides is 1. The molecule has 1 rings (SSSR count). The maximum absolute atomic E-state index is 12.1. The standard InChI is InChI=1S/C11H18BrN3O/c1-9(2)15(7-4-6-12)11(16)10-5-8-14(3)13-10/h5,8-9H,4,6-7H2,1-3H3. The Hall–Kier alpha value is -0.840. The molecule has 1 aromatic heterocycles. The van der Waals surface area contributed by atoms with Crippen molar-refractivity contribution in [2.24, 2.45) is 7.05 Å². The van der Waals surface area contributed by atoms with Crippen molar-refractivity contribution in [3.05, 3.63) is 18.0 Å². The molecule has 16 heavy (non-hydrogen) atoms. The minimum atomic E-state index is 0.0107. The Morgan fingerprint density at radius 1 is 1.62 bits per heavy atom. The van der Waals surface area contributed by atoms with E-state index in [1.54, 1.807) is 16.9 Å². The number of aryl methyl sites for hydroxylation is 1. The molecule has 90 valence electrons. The van der Waals surface area contributed by atoms with Crippen molar-refractivity contribution in [3.63, 3.8) is 0 Å². The number of halogens is 1. The molecule has 0 bridgehead atoms. The Balaban J connectivity index is 2.74. The molecule has 0 N–H and O–H groups in total. The minimum absolute atomic E-state index is 0.0107. The maximum atomic E-state index is 12.1. The lowest BCUT2D eigenvalue weighted by molar-refractivity contribution is 0.0700. The van der Waals surface area contributed by atoms with Gasteiger partial charge in [-0.3, -0.25) is 9.48 Å². The summed E-state index contributed by atoms with van der Waals surface area (Å²) in [5.74, 6) is 0.0107. The summed E-state index contributed by atoms with van der Waals surface area (Å²) >= 11 is 3.38. The van der Waals surface area contributed by atoms with Crippen LogP contribution in [-0.2, 0) is 7.05 Å². The van der Waals surface area contributed by atoms with E-state index in [0.717, 1.165) is 18.3 Å². The van der Waals surface area contributed by atoms with Crippen LogP contribution in [0.2, 0.25) is 0 Å². The molecule has 0 radical (unpaired) electrons. The Morgan fingerprint density at radius 2 is 2.31 bits per heavy atom. The quantitative estimate of drug-likeness (QED) is 0.778. The molecule has 1 aromatic rings. The fourth-order valence-electron chi connectivity index (χ4n) is 1.50. The number of carbonyl (C=O) groups is 1. The summed E-state index contributed by atoms with van der Waals surface area (Å²) in [6.07, 6.45) is 2.74. The highest BCUT2D eigenvalue weighted by molar-refractivity contribution is 9.09. The fourth-order valence-corrected chi connectivity index (χ4v) is 1.75. The van der Waals surface area contributed by atoms with Crippen molar-refractivity contribution < 1.29 is 4.79 Å². The van der Waals surface area contributed by atoms with Gasteiger partial charge in [0.05, 0.1) is 0 Å². The highest BCUT2D eigenvalue weighted by atomic mass is 79.9. The normalized spacial score (nSPS) is 10.8. The number of amides is 1. The van der Waals surface area contributed by atoms with Crippen LogP contribution >= 0.6 is 15.9 Å². The summed E-state index contributed by atoms with van der Waals surface area (Å²) in [5.41, 5.74) is 0.519. The Kier molecular flexibility index (Phi) is 4.99. The van der Waals surface area contributed by atoms with E-state index in [1.165, 1.54) is 0 Å². The summed E-state index contributed by atoms with van der Waals surface area (Å²) < 4.78 is 1.65. The first-order chi connectivity index (χ1) is 7.56. The van der Waals surface area contributed by atoms with Crippen LogP contribution in [0.15, 0.2) is 12.3 Å². The molecule has 4 nitrogen and oxygen atoms in total. The van der Waals surface area contributed by atoms with Gasteiger partial charge < -0.3 is 4.90 Å². The molecular formula is C11H18BrN3O. The van der Waals surface area contributed by atoms with E-state index in [2.05, 4.69) is 21.0 Å². The molecule has 1 heterocycles. The topological polar surface area (TPSA) is 38.1 Å². The van der Waals surface area contributed by atoms with Gasteiger partial charge in [0.2, 0.25) is 0 Å². The Morgan fingerprint density at radius 3 is 2.75 bits per heavy atom. The van der Waals surface area contributed by atoms with E-state index < -0.39 is 0 Å². The lowest BCUT2D eigenvalue weighted by atomic mass is 10.2. The Labute approximate surface area is 105 Å². The summed E-state index contributed by atoms with van der Waals surface area (Å²) in [6, 6.07) is 1.96. The van der Waals surface area contributed by atoms with Gasteiger partial charge in [0.1, 0.15) is 5.69 Å². The van der Waals surface area contributed by atoms with E-state index in [-0.39, 0.29) is 11.9 Å². The molecule has 0 spiro atoms. The molecule has 0 atom stereocenters. The van der Waals surface area contributed by atoms with Gasteiger partial charge in [-0.15, -0.1) is 0 Å². The zero-order valence-electron chi connectivity index (χ0n) is 9.98. The Bertz CT molecular complexity index is 349. The van der Waals surface area contributed by atoms with Crippen LogP contribution in [0.25, 0.3) is 0 Å². The lowest BCUT2D eigenvalue weighted by Gasteiger charge is -2.25. The van der Waals surface area contributed by atoms with Crippen LogP contribution in [0, 0.1) is 0 Å². The lowest BCUT2D eigenvalue weighted by Crippen LogP contribution is -2.38. The van der Waals surface area contributed by atoms with Crippen molar-refractivity contribution in [3.8, 4) is 0 Å². The zero-order chi connectivity index (χ0) is 12.1. The second-order valence-corrected chi connectivity index (χ2v) is 4.80. The molecule has 1 amide bonds. The van der Waals surface area contributed by atoms with Crippen LogP contribution in [0.5, 0.6) is 0 Å². The smallest absolute Gasteiger partial charge is 0.274 e. The van der Waals surface area contributed by atoms with Gasteiger partial charge in [0.15, 0.2) is 0 Å². The third kappa shape index (κ3) is 3.33. The summed E-state index contributed by atoms with van der Waals surface area (Å²) in [6.45, 7) is 4.81. The molecule has 0 aliphatic rings. The minimum Gasteiger partial charge on any atom is -0.335 e. The van der Waals surface area contributed by atoms with Crippen molar-refractivity contribution in [2.75, 3.05) is 11.9 Å². The summed E-state index contributed by atoms with van der Waals surface area (Å²) in [5, 5.41) is 5.04. The monoisotopic (exact) mass is 287 g/mol. The number of aromatic nitrogens is 2.